The average molecular weight is 536 g/mol. The van der Waals surface area contributed by atoms with Gasteiger partial charge < -0.3 is 19.9 Å². The van der Waals surface area contributed by atoms with Gasteiger partial charge in [0, 0.05) is 24.8 Å². The van der Waals surface area contributed by atoms with Crippen LogP contribution in [0.25, 0.3) is 0 Å². The van der Waals surface area contributed by atoms with E-state index in [0.29, 0.717) is 13.0 Å². The minimum Gasteiger partial charge on any atom is -0.503 e. The normalized spacial score (nSPS) is 20.1. The number of nitrogens with zero attached hydrogens (tertiary/aromatic N) is 2. The fourth-order valence-electron chi connectivity index (χ4n) is 5.20. The Morgan fingerprint density at radius 1 is 1.22 bits per heavy atom. The van der Waals surface area contributed by atoms with Crippen molar-refractivity contribution in [3.63, 3.8) is 0 Å². The van der Waals surface area contributed by atoms with E-state index in [4.69, 9.17) is 11.6 Å². The minimum atomic E-state index is -1.01. The van der Waals surface area contributed by atoms with Crippen molar-refractivity contribution in [3.05, 3.63) is 62.0 Å². The molecule has 2 amide bonds. The number of aromatic nitrogens is 1. The van der Waals surface area contributed by atoms with Gasteiger partial charge in [-0.25, -0.2) is 8.78 Å². The number of pyridine rings is 1. The Morgan fingerprint density at radius 2 is 1.92 bits per heavy atom. The molecule has 2 aromatic rings. The van der Waals surface area contributed by atoms with Gasteiger partial charge in [0.15, 0.2) is 11.4 Å². The molecule has 1 aliphatic heterocycles. The summed E-state index contributed by atoms with van der Waals surface area (Å²) in [4.78, 5) is 41.2. The molecule has 1 aromatic heterocycles. The molecule has 0 radical (unpaired) electrons. The largest absolute Gasteiger partial charge is 0.503 e. The highest BCUT2D eigenvalue weighted by Gasteiger charge is 2.43. The van der Waals surface area contributed by atoms with Crippen molar-refractivity contribution in [1.82, 2.24) is 14.8 Å². The number of amides is 2. The predicted molar refractivity (Wildman–Crippen MR) is 136 cm³/mol. The maximum absolute atomic E-state index is 14.3. The summed E-state index contributed by atoms with van der Waals surface area (Å²) in [7, 11) is 0. The second-order valence-corrected chi connectivity index (χ2v) is 10.8. The highest BCUT2D eigenvalue weighted by molar-refractivity contribution is 6.30. The van der Waals surface area contributed by atoms with Crippen LogP contribution < -0.4 is 10.7 Å². The van der Waals surface area contributed by atoms with E-state index in [1.54, 1.807) is 9.47 Å². The number of nitrogens with one attached hydrogen (secondary N) is 1. The summed E-state index contributed by atoms with van der Waals surface area (Å²) in [6, 6.07) is 1.74. The zero-order chi connectivity index (χ0) is 27.1. The Kier molecular flexibility index (Phi) is 7.65. The molecule has 0 bridgehead atoms. The Bertz CT molecular complexity index is 1290. The van der Waals surface area contributed by atoms with Gasteiger partial charge >= 0.3 is 0 Å². The van der Waals surface area contributed by atoms with Crippen LogP contribution in [0.3, 0.4) is 0 Å². The van der Waals surface area contributed by atoms with Crippen LogP contribution in [0, 0.1) is 17.0 Å². The summed E-state index contributed by atoms with van der Waals surface area (Å²) in [5.41, 5.74) is -1.26. The number of aromatic hydroxyl groups is 1. The Hall–Kier alpha value is -2.94. The average Bonchev–Trinajstić information content (AvgIpc) is 3.61. The molecule has 1 aliphatic carbocycles. The number of carbonyl (C=O) groups excluding carboxylic acids is 2. The number of halogens is 3. The number of hydrogen-bond acceptors (Lipinski definition) is 4. The Labute approximate surface area is 219 Å². The first-order valence-corrected chi connectivity index (χ1v) is 13.1. The predicted octanol–water partition coefficient (Wildman–Crippen LogP) is 5.18. The van der Waals surface area contributed by atoms with Crippen LogP contribution in [0.1, 0.15) is 91.7 Å². The Balaban J connectivity index is 1.71. The number of hydrogen-bond donors (Lipinski definition) is 2. The molecule has 2 unspecified atom stereocenters. The lowest BCUT2D eigenvalue weighted by Gasteiger charge is -2.43. The first-order valence-electron chi connectivity index (χ1n) is 12.7. The molecule has 200 valence electrons. The summed E-state index contributed by atoms with van der Waals surface area (Å²) in [5, 5.41) is 12.6. The number of fused-ring (bicyclic) bond motifs is 1. The van der Waals surface area contributed by atoms with E-state index in [9.17, 15) is 28.3 Å². The van der Waals surface area contributed by atoms with Gasteiger partial charge in [-0.15, -0.1) is 0 Å². The highest BCUT2D eigenvalue weighted by Crippen LogP contribution is 2.50. The summed E-state index contributed by atoms with van der Waals surface area (Å²) in [5.74, 6) is -3.99. The summed E-state index contributed by atoms with van der Waals surface area (Å²) >= 11 is 5.61. The molecule has 1 saturated carbocycles. The maximum Gasteiger partial charge on any atom is 0.274 e. The summed E-state index contributed by atoms with van der Waals surface area (Å²) < 4.78 is 29.3. The van der Waals surface area contributed by atoms with E-state index >= 15 is 0 Å². The van der Waals surface area contributed by atoms with Crippen LogP contribution in [-0.4, -0.2) is 39.0 Å². The van der Waals surface area contributed by atoms with E-state index in [-0.39, 0.29) is 40.9 Å². The molecule has 0 spiro atoms. The molecule has 37 heavy (non-hydrogen) atoms. The van der Waals surface area contributed by atoms with E-state index < -0.39 is 39.6 Å². The van der Waals surface area contributed by atoms with Crippen molar-refractivity contribution in [3.8, 4) is 5.75 Å². The number of rotatable bonds is 9. The van der Waals surface area contributed by atoms with E-state index in [1.165, 1.54) is 6.20 Å². The second kappa shape index (κ2) is 10.4. The first kappa shape index (κ1) is 27.1. The molecule has 1 aromatic carbocycles. The van der Waals surface area contributed by atoms with Gasteiger partial charge in [-0.05, 0) is 50.0 Å². The van der Waals surface area contributed by atoms with E-state index in [0.717, 1.165) is 44.2 Å². The fourth-order valence-corrected chi connectivity index (χ4v) is 5.38. The van der Waals surface area contributed by atoms with Gasteiger partial charge in [0.05, 0.1) is 12.1 Å². The van der Waals surface area contributed by atoms with Gasteiger partial charge in [-0.2, -0.15) is 0 Å². The van der Waals surface area contributed by atoms with Crippen molar-refractivity contribution in [2.45, 2.75) is 77.9 Å². The third-order valence-corrected chi connectivity index (χ3v) is 8.05. The molecule has 0 saturated heterocycles. The van der Waals surface area contributed by atoms with Crippen LogP contribution in [0.4, 0.5) is 8.78 Å². The molecular weight excluding hydrogens is 504 g/mol. The third kappa shape index (κ3) is 5.10. The first-order chi connectivity index (χ1) is 17.5. The summed E-state index contributed by atoms with van der Waals surface area (Å²) in [6.07, 6.45) is 6.64. The lowest BCUT2D eigenvalue weighted by molar-refractivity contribution is 0.0480. The van der Waals surface area contributed by atoms with Crippen LogP contribution in [0.15, 0.2) is 23.1 Å². The van der Waals surface area contributed by atoms with Crippen molar-refractivity contribution >= 4 is 23.4 Å². The van der Waals surface area contributed by atoms with Crippen molar-refractivity contribution < 1.29 is 23.5 Å². The van der Waals surface area contributed by atoms with Crippen LogP contribution >= 0.6 is 11.6 Å². The molecule has 1 fully saturated rings. The van der Waals surface area contributed by atoms with Crippen LogP contribution in [-0.2, 0) is 6.54 Å². The lowest BCUT2D eigenvalue weighted by Crippen LogP contribution is -2.52. The fraction of sp³-hybridized carbons (Fsp3) is 0.519. The van der Waals surface area contributed by atoms with Crippen LogP contribution in [0.2, 0.25) is 5.02 Å². The molecule has 7 nitrogen and oxygen atoms in total. The van der Waals surface area contributed by atoms with Gasteiger partial charge in [0.1, 0.15) is 22.2 Å². The van der Waals surface area contributed by atoms with Crippen LogP contribution in [0.5, 0.6) is 5.75 Å². The second-order valence-electron chi connectivity index (χ2n) is 10.4. The van der Waals surface area contributed by atoms with Gasteiger partial charge in [-0.1, -0.05) is 38.4 Å². The monoisotopic (exact) mass is 535 g/mol. The molecule has 2 N–H and O–H groups in total. The van der Waals surface area contributed by atoms with Gasteiger partial charge in [-0.3, -0.25) is 14.4 Å². The van der Waals surface area contributed by atoms with Gasteiger partial charge in [0.2, 0.25) is 5.43 Å². The zero-order valence-electron chi connectivity index (χ0n) is 21.2. The quantitative estimate of drug-likeness (QED) is 0.433. The summed E-state index contributed by atoms with van der Waals surface area (Å²) in [6.45, 7) is 6.32. The minimum absolute atomic E-state index is 0.0611. The van der Waals surface area contributed by atoms with Gasteiger partial charge in [0.25, 0.3) is 11.8 Å². The SMILES string of the molecule is CCCN1C(=O)c2c(O)c(=O)c(C(=O)NCc3ccc(F)c(Cl)c3F)cn2C(CCC2(C)CC2)C1CC. The zero-order valence-corrected chi connectivity index (χ0v) is 22.0. The van der Waals surface area contributed by atoms with Crippen molar-refractivity contribution in [2.75, 3.05) is 6.54 Å². The van der Waals surface area contributed by atoms with Crippen molar-refractivity contribution in [1.29, 1.82) is 0 Å². The molecule has 2 heterocycles. The molecule has 4 rings (SSSR count). The number of benzene rings is 1. The lowest BCUT2D eigenvalue weighted by atomic mass is 9.90. The number of carbonyl (C=O) groups is 2. The third-order valence-electron chi connectivity index (χ3n) is 7.70. The van der Waals surface area contributed by atoms with Crippen molar-refractivity contribution in [2.24, 2.45) is 5.41 Å². The maximum atomic E-state index is 14.3. The standard InChI is InChI=1S/C27H32ClF2N3O4/c1-4-12-32-18(5-2)19(8-9-27(3)10-11-27)33-14-16(23(34)24(35)22(33)26(32)37)25(36)31-13-15-6-7-17(29)20(28)21(15)30/h6-7,14,18-19,35H,4-5,8-13H2,1-3H3,(H,31,36). The molecule has 10 heteroatoms. The molecular formula is C27H32ClF2N3O4. The molecule has 2 aliphatic rings. The molecule has 2 atom stereocenters. The smallest absolute Gasteiger partial charge is 0.274 e. The topological polar surface area (TPSA) is 91.6 Å². The van der Waals surface area contributed by atoms with E-state index in [1.807, 2.05) is 13.8 Å². The highest BCUT2D eigenvalue weighted by atomic mass is 35.5. The Morgan fingerprint density at radius 3 is 2.54 bits per heavy atom. The van der Waals surface area contributed by atoms with E-state index in [2.05, 4.69) is 12.2 Å².